The van der Waals surface area contributed by atoms with Crippen molar-refractivity contribution in [1.82, 2.24) is 10.6 Å². The van der Waals surface area contributed by atoms with Gasteiger partial charge in [-0.3, -0.25) is 0 Å². The summed E-state index contributed by atoms with van der Waals surface area (Å²) < 4.78 is 22.8. The fourth-order valence-electron chi connectivity index (χ4n) is 2.10. The largest absolute Gasteiger partial charge is 0.357 e. The first-order chi connectivity index (χ1) is 11.4. The summed E-state index contributed by atoms with van der Waals surface area (Å²) in [6.45, 7) is 5.85. The molecule has 4 N–H and O–H groups in total. The first-order valence-corrected chi connectivity index (χ1v) is 9.94. The number of benzene rings is 1. The fraction of sp³-hybridized carbons (Fsp3) is 0.312. The minimum absolute atomic E-state index is 0. The number of thiophene rings is 1. The van der Waals surface area contributed by atoms with Gasteiger partial charge in [0.2, 0.25) is 10.0 Å². The number of hydrogen-bond acceptors (Lipinski definition) is 4. The van der Waals surface area contributed by atoms with E-state index in [1.165, 1.54) is 11.6 Å². The molecule has 0 radical (unpaired) electrons. The van der Waals surface area contributed by atoms with Crippen molar-refractivity contribution in [3.8, 4) is 0 Å². The van der Waals surface area contributed by atoms with Crippen LogP contribution in [-0.2, 0) is 23.1 Å². The van der Waals surface area contributed by atoms with Gasteiger partial charge in [-0.2, -0.15) is 0 Å². The van der Waals surface area contributed by atoms with Gasteiger partial charge < -0.3 is 10.6 Å². The molecule has 2 aromatic rings. The van der Waals surface area contributed by atoms with Crippen molar-refractivity contribution in [3.05, 3.63) is 52.4 Å². The number of nitrogens with zero attached hydrogens (tertiary/aromatic N) is 1. The minimum Gasteiger partial charge on any atom is -0.357 e. The summed E-state index contributed by atoms with van der Waals surface area (Å²) >= 11 is 1.16. The Kier molecular flexibility index (Phi) is 8.83. The van der Waals surface area contributed by atoms with Crippen LogP contribution in [0.5, 0.6) is 0 Å². The van der Waals surface area contributed by atoms with Crippen LogP contribution in [0.3, 0.4) is 0 Å². The smallest absolute Gasteiger partial charge is 0.247 e. The van der Waals surface area contributed by atoms with Crippen LogP contribution in [0.4, 0.5) is 0 Å². The Morgan fingerprint density at radius 1 is 1.24 bits per heavy atom. The summed E-state index contributed by atoms with van der Waals surface area (Å²) in [7, 11) is -3.64. The lowest BCUT2D eigenvalue weighted by Gasteiger charge is -2.10. The number of primary sulfonamides is 1. The SMILES string of the molecule is CCNC(=NCc1cccc(C)c1)NCc1ccc(S(N)(=O)=O)s1.I. The zero-order valence-corrected chi connectivity index (χ0v) is 18.1. The molecule has 0 saturated heterocycles. The molecule has 0 saturated carbocycles. The Bertz CT molecular complexity index is 819. The number of sulfonamides is 1. The van der Waals surface area contributed by atoms with Gasteiger partial charge in [0.15, 0.2) is 5.96 Å². The second kappa shape index (κ2) is 10.1. The molecule has 6 nitrogen and oxygen atoms in total. The lowest BCUT2D eigenvalue weighted by Crippen LogP contribution is -2.36. The van der Waals surface area contributed by atoms with Crippen LogP contribution in [0.1, 0.15) is 22.9 Å². The predicted molar refractivity (Wildman–Crippen MR) is 114 cm³/mol. The van der Waals surface area contributed by atoms with Crippen LogP contribution in [-0.4, -0.2) is 20.9 Å². The summed E-state index contributed by atoms with van der Waals surface area (Å²) in [5, 5.41) is 11.5. The topological polar surface area (TPSA) is 96.6 Å². The lowest BCUT2D eigenvalue weighted by atomic mass is 10.1. The maximum absolute atomic E-state index is 11.3. The van der Waals surface area contributed by atoms with E-state index in [0.29, 0.717) is 19.0 Å². The number of nitrogens with two attached hydrogens (primary N) is 1. The molecule has 0 amide bonds. The molecule has 0 aliphatic rings. The molecular formula is C16H23IN4O2S2. The van der Waals surface area contributed by atoms with Crippen LogP contribution in [0.25, 0.3) is 0 Å². The first kappa shape index (κ1) is 21.9. The van der Waals surface area contributed by atoms with E-state index < -0.39 is 10.0 Å². The van der Waals surface area contributed by atoms with E-state index in [-0.39, 0.29) is 28.2 Å². The molecule has 1 aromatic carbocycles. The van der Waals surface area contributed by atoms with Gasteiger partial charge in [-0.05, 0) is 31.5 Å². The van der Waals surface area contributed by atoms with E-state index in [1.54, 1.807) is 6.07 Å². The molecular weight excluding hydrogens is 471 g/mol. The number of rotatable bonds is 6. The van der Waals surface area contributed by atoms with Gasteiger partial charge in [-0.25, -0.2) is 18.5 Å². The minimum atomic E-state index is -3.64. The predicted octanol–water partition coefficient (Wildman–Crippen LogP) is 2.58. The number of halogens is 1. The number of nitrogens with one attached hydrogen (secondary N) is 2. The molecule has 2 rings (SSSR count). The average molecular weight is 494 g/mol. The van der Waals surface area contributed by atoms with Crippen molar-refractivity contribution in [2.75, 3.05) is 6.54 Å². The standard InChI is InChI=1S/C16H22N4O2S2.HI/c1-3-18-16(19-10-13-6-4-5-12(2)9-13)20-11-14-7-8-15(23-14)24(17,21)22;/h4-9H,3,10-11H2,1-2H3,(H2,17,21,22)(H2,18,19,20);1H. The Labute approximate surface area is 170 Å². The monoisotopic (exact) mass is 494 g/mol. The Morgan fingerprint density at radius 2 is 2.00 bits per heavy atom. The normalized spacial score (nSPS) is 11.7. The quantitative estimate of drug-likeness (QED) is 0.327. The fourth-order valence-corrected chi connectivity index (χ4v) is 3.82. The highest BCUT2D eigenvalue weighted by Crippen LogP contribution is 2.19. The van der Waals surface area contributed by atoms with Crippen molar-refractivity contribution >= 4 is 51.3 Å². The molecule has 0 bridgehead atoms. The van der Waals surface area contributed by atoms with E-state index >= 15 is 0 Å². The van der Waals surface area contributed by atoms with Gasteiger partial charge >= 0.3 is 0 Å². The summed E-state index contributed by atoms with van der Waals surface area (Å²) in [6, 6.07) is 11.5. The zero-order chi connectivity index (χ0) is 17.6. The molecule has 9 heteroatoms. The molecule has 0 atom stereocenters. The lowest BCUT2D eigenvalue weighted by molar-refractivity contribution is 0.600. The van der Waals surface area contributed by atoms with Crippen LogP contribution in [0.15, 0.2) is 45.6 Å². The van der Waals surface area contributed by atoms with E-state index in [1.807, 2.05) is 19.1 Å². The Morgan fingerprint density at radius 3 is 2.60 bits per heavy atom. The number of aliphatic imine (C=N–C) groups is 1. The zero-order valence-electron chi connectivity index (χ0n) is 14.2. The van der Waals surface area contributed by atoms with Crippen LogP contribution in [0, 0.1) is 6.92 Å². The molecule has 25 heavy (non-hydrogen) atoms. The number of aryl methyl sites for hydroxylation is 1. The van der Waals surface area contributed by atoms with Gasteiger partial charge in [-0.1, -0.05) is 29.8 Å². The third-order valence-electron chi connectivity index (χ3n) is 3.19. The van der Waals surface area contributed by atoms with E-state index in [4.69, 9.17) is 5.14 Å². The molecule has 1 heterocycles. The summed E-state index contributed by atoms with van der Waals surface area (Å²) in [5.74, 6) is 0.685. The highest BCUT2D eigenvalue weighted by Gasteiger charge is 2.11. The molecule has 0 aliphatic carbocycles. The van der Waals surface area contributed by atoms with E-state index in [2.05, 4.69) is 34.7 Å². The van der Waals surface area contributed by atoms with Crippen molar-refractivity contribution in [2.45, 2.75) is 31.1 Å². The Hall–Kier alpha value is -1.17. The van der Waals surface area contributed by atoms with Crippen molar-refractivity contribution < 1.29 is 8.42 Å². The Balaban J connectivity index is 0.00000312. The van der Waals surface area contributed by atoms with Crippen LogP contribution >= 0.6 is 35.3 Å². The second-order valence-corrected chi connectivity index (χ2v) is 8.26. The van der Waals surface area contributed by atoms with Crippen LogP contribution in [0.2, 0.25) is 0 Å². The van der Waals surface area contributed by atoms with Gasteiger partial charge in [0.05, 0.1) is 13.1 Å². The molecule has 138 valence electrons. The molecule has 0 spiro atoms. The van der Waals surface area contributed by atoms with Gasteiger partial charge in [0.25, 0.3) is 0 Å². The third kappa shape index (κ3) is 7.30. The maximum Gasteiger partial charge on any atom is 0.247 e. The molecule has 1 aromatic heterocycles. The van der Waals surface area contributed by atoms with Gasteiger partial charge in [-0.15, -0.1) is 35.3 Å². The maximum atomic E-state index is 11.3. The highest BCUT2D eigenvalue weighted by molar-refractivity contribution is 14.0. The van der Waals surface area contributed by atoms with Crippen molar-refractivity contribution in [3.63, 3.8) is 0 Å². The van der Waals surface area contributed by atoms with Crippen molar-refractivity contribution in [2.24, 2.45) is 10.1 Å². The number of hydrogen-bond donors (Lipinski definition) is 3. The second-order valence-electron chi connectivity index (χ2n) is 5.30. The third-order valence-corrected chi connectivity index (χ3v) is 5.72. The summed E-state index contributed by atoms with van der Waals surface area (Å²) in [5.41, 5.74) is 2.34. The molecule has 0 aliphatic heterocycles. The van der Waals surface area contributed by atoms with Crippen LogP contribution < -0.4 is 15.8 Å². The molecule has 0 fully saturated rings. The van der Waals surface area contributed by atoms with Gasteiger partial charge in [0.1, 0.15) is 4.21 Å². The first-order valence-electron chi connectivity index (χ1n) is 7.57. The molecule has 0 unspecified atom stereocenters. The van der Waals surface area contributed by atoms with Gasteiger partial charge in [0, 0.05) is 11.4 Å². The van der Waals surface area contributed by atoms with E-state index in [9.17, 15) is 8.42 Å². The number of guanidine groups is 1. The highest BCUT2D eigenvalue weighted by atomic mass is 127. The van der Waals surface area contributed by atoms with E-state index in [0.717, 1.165) is 28.3 Å². The summed E-state index contributed by atoms with van der Waals surface area (Å²) in [6.07, 6.45) is 0. The average Bonchev–Trinajstić information content (AvgIpc) is 2.99. The van der Waals surface area contributed by atoms with Crippen molar-refractivity contribution in [1.29, 1.82) is 0 Å². The summed E-state index contributed by atoms with van der Waals surface area (Å²) in [4.78, 5) is 5.43.